The summed E-state index contributed by atoms with van der Waals surface area (Å²) in [5.74, 6) is 1.07. The van der Waals surface area contributed by atoms with Crippen LogP contribution in [0.5, 0.6) is 5.75 Å². The molecule has 4 heteroatoms. The van der Waals surface area contributed by atoms with Gasteiger partial charge < -0.3 is 14.6 Å². The van der Waals surface area contributed by atoms with E-state index in [4.69, 9.17) is 9.47 Å². The highest BCUT2D eigenvalue weighted by Gasteiger charge is 2.60. The molecule has 4 nitrogen and oxygen atoms in total. The Bertz CT molecular complexity index is 727. The third kappa shape index (κ3) is 2.42. The molecule has 0 bridgehead atoms. The van der Waals surface area contributed by atoms with Crippen LogP contribution in [-0.4, -0.2) is 30.9 Å². The van der Waals surface area contributed by atoms with Gasteiger partial charge in [0.25, 0.3) is 0 Å². The van der Waals surface area contributed by atoms with Gasteiger partial charge in [0.15, 0.2) is 0 Å². The van der Waals surface area contributed by atoms with Gasteiger partial charge in [-0.1, -0.05) is 12.1 Å². The van der Waals surface area contributed by atoms with Crippen LogP contribution in [0, 0.1) is 23.7 Å². The number of hydrogen-bond donors (Lipinski definition) is 1. The molecule has 0 aliphatic heterocycles. The van der Waals surface area contributed by atoms with E-state index in [0.29, 0.717) is 12.3 Å². The van der Waals surface area contributed by atoms with Crippen LogP contribution in [0.25, 0.3) is 0 Å². The lowest BCUT2D eigenvalue weighted by molar-refractivity contribution is -0.160. The minimum absolute atomic E-state index is 0.0675. The molecule has 140 valence electrons. The van der Waals surface area contributed by atoms with E-state index in [2.05, 4.69) is 18.7 Å². The Morgan fingerprint density at radius 2 is 2.12 bits per heavy atom. The van der Waals surface area contributed by atoms with Crippen LogP contribution in [-0.2, 0) is 16.0 Å². The lowest BCUT2D eigenvalue weighted by atomic mass is 9.54. The van der Waals surface area contributed by atoms with Crippen LogP contribution in [0.4, 0.5) is 0 Å². The van der Waals surface area contributed by atoms with Gasteiger partial charge in [-0.3, -0.25) is 4.79 Å². The fourth-order valence-electron chi connectivity index (χ4n) is 6.15. The molecule has 0 amide bonds. The second-order valence-corrected chi connectivity index (χ2v) is 8.14. The van der Waals surface area contributed by atoms with E-state index in [1.807, 2.05) is 12.1 Å². The fourth-order valence-corrected chi connectivity index (χ4v) is 6.15. The summed E-state index contributed by atoms with van der Waals surface area (Å²) < 4.78 is 10.5. The van der Waals surface area contributed by atoms with Crippen molar-refractivity contribution >= 4 is 5.97 Å². The van der Waals surface area contributed by atoms with Gasteiger partial charge in [-0.2, -0.15) is 0 Å². The second kappa shape index (κ2) is 6.41. The number of aliphatic hydroxyl groups is 1. The van der Waals surface area contributed by atoms with Crippen molar-refractivity contribution in [3.8, 4) is 5.75 Å². The Labute approximate surface area is 155 Å². The highest BCUT2D eigenvalue weighted by molar-refractivity contribution is 5.74. The van der Waals surface area contributed by atoms with E-state index >= 15 is 0 Å². The Kier molecular flexibility index (Phi) is 4.34. The molecule has 0 saturated heterocycles. The summed E-state index contributed by atoms with van der Waals surface area (Å²) in [4.78, 5) is 12.7. The summed E-state index contributed by atoms with van der Waals surface area (Å²) in [6.07, 6.45) is 6.27. The number of hydrogen-bond acceptors (Lipinski definition) is 4. The van der Waals surface area contributed by atoms with Crippen molar-refractivity contribution in [2.75, 3.05) is 14.2 Å². The first-order valence-electron chi connectivity index (χ1n) is 9.63. The van der Waals surface area contributed by atoms with Crippen molar-refractivity contribution in [3.63, 3.8) is 0 Å². The Hall–Kier alpha value is -1.81. The third-order valence-electron chi connectivity index (χ3n) is 7.28. The van der Waals surface area contributed by atoms with Gasteiger partial charge in [0.1, 0.15) is 5.75 Å². The van der Waals surface area contributed by atoms with E-state index < -0.39 is 5.60 Å². The predicted molar refractivity (Wildman–Crippen MR) is 99.0 cm³/mol. The molecule has 0 radical (unpaired) electrons. The monoisotopic (exact) mass is 356 g/mol. The van der Waals surface area contributed by atoms with Gasteiger partial charge in [-0.05, 0) is 67.2 Å². The van der Waals surface area contributed by atoms with Crippen LogP contribution in [0.15, 0.2) is 30.9 Å². The highest BCUT2D eigenvalue weighted by atomic mass is 16.5. The predicted octanol–water partition coefficient (Wildman–Crippen LogP) is 3.48. The van der Waals surface area contributed by atoms with Crippen LogP contribution < -0.4 is 4.74 Å². The first-order valence-corrected chi connectivity index (χ1v) is 9.63. The summed E-state index contributed by atoms with van der Waals surface area (Å²) in [6, 6.07) is 6.20. The number of benzene rings is 1. The van der Waals surface area contributed by atoms with Gasteiger partial charge in [0, 0.05) is 11.8 Å². The maximum absolute atomic E-state index is 12.7. The number of ether oxygens (including phenoxy) is 2. The molecule has 0 spiro atoms. The molecule has 0 aromatic heterocycles. The quantitative estimate of drug-likeness (QED) is 0.665. The lowest BCUT2D eigenvalue weighted by Crippen LogP contribution is -2.54. The van der Waals surface area contributed by atoms with Gasteiger partial charge in [0.2, 0.25) is 0 Å². The van der Waals surface area contributed by atoms with Crippen molar-refractivity contribution in [3.05, 3.63) is 42.0 Å². The van der Waals surface area contributed by atoms with E-state index in [1.165, 1.54) is 18.2 Å². The Balaban J connectivity index is 1.79. The summed E-state index contributed by atoms with van der Waals surface area (Å²) in [5, 5.41) is 11.6. The molecular formula is C22H28O4. The van der Waals surface area contributed by atoms with Crippen LogP contribution >= 0.6 is 0 Å². The molecule has 2 saturated carbocycles. The number of carbonyl (C=O) groups excluding carboxylic acids is 1. The van der Waals surface area contributed by atoms with Gasteiger partial charge in [-0.15, -0.1) is 6.58 Å². The van der Waals surface area contributed by atoms with Crippen molar-refractivity contribution in [1.29, 1.82) is 0 Å². The van der Waals surface area contributed by atoms with Crippen molar-refractivity contribution in [2.45, 2.75) is 43.6 Å². The number of methoxy groups -OCH3 is 2. The maximum atomic E-state index is 12.7. The molecule has 4 rings (SSSR count). The van der Waals surface area contributed by atoms with Crippen molar-refractivity contribution in [2.24, 2.45) is 23.7 Å². The van der Waals surface area contributed by atoms with Crippen LogP contribution in [0.2, 0.25) is 0 Å². The molecule has 6 atom stereocenters. The highest BCUT2D eigenvalue weighted by Crippen LogP contribution is 2.61. The Morgan fingerprint density at radius 1 is 1.31 bits per heavy atom. The first kappa shape index (κ1) is 17.6. The van der Waals surface area contributed by atoms with E-state index in [9.17, 15) is 9.90 Å². The summed E-state index contributed by atoms with van der Waals surface area (Å²) in [6.45, 7) is 3.94. The maximum Gasteiger partial charge on any atom is 0.309 e. The minimum Gasteiger partial charge on any atom is -0.497 e. The van der Waals surface area contributed by atoms with E-state index in [-0.39, 0.29) is 29.6 Å². The standard InChI is InChI=1S/C22H28O4/c1-4-14-6-10-19-17-8-5-13-11-15(25-2)7-9-16(13)20(17)18(21(23)26-3)12-22(14,19)24/h4,7,9,11,14,17-20,24H,1,5-6,8,10,12H2,2-3H3/t14-,17+,18-,19+,20-,22-/m1/s1. The normalized spacial score (nSPS) is 37.9. The summed E-state index contributed by atoms with van der Waals surface area (Å²) in [7, 11) is 3.13. The zero-order chi connectivity index (χ0) is 18.5. The topological polar surface area (TPSA) is 55.8 Å². The molecule has 26 heavy (non-hydrogen) atoms. The SMILES string of the molecule is C=C[C@@H]1CC[C@H]2[C@@H]3CCc4cc(OC)ccc4[C@H]3[C@H](C(=O)OC)C[C@@]12O. The molecule has 1 N–H and O–H groups in total. The number of esters is 1. The first-order chi connectivity index (χ1) is 12.5. The zero-order valence-corrected chi connectivity index (χ0v) is 15.6. The Morgan fingerprint density at radius 3 is 2.81 bits per heavy atom. The largest absolute Gasteiger partial charge is 0.497 e. The average Bonchev–Trinajstić information content (AvgIpc) is 3.01. The molecule has 3 aliphatic carbocycles. The summed E-state index contributed by atoms with van der Waals surface area (Å²) in [5.41, 5.74) is 1.68. The molecule has 1 aromatic carbocycles. The number of carbonyl (C=O) groups is 1. The van der Waals surface area contributed by atoms with E-state index in [1.54, 1.807) is 7.11 Å². The van der Waals surface area contributed by atoms with Gasteiger partial charge in [0.05, 0.1) is 25.7 Å². The van der Waals surface area contributed by atoms with Crippen molar-refractivity contribution < 1.29 is 19.4 Å². The van der Waals surface area contributed by atoms with Gasteiger partial charge in [-0.25, -0.2) is 0 Å². The van der Waals surface area contributed by atoms with Crippen LogP contribution in [0.1, 0.15) is 42.7 Å². The molecule has 0 unspecified atom stereocenters. The fraction of sp³-hybridized carbons (Fsp3) is 0.591. The number of fused-ring (bicyclic) bond motifs is 5. The average molecular weight is 356 g/mol. The molecule has 3 aliphatic rings. The van der Waals surface area contributed by atoms with E-state index in [0.717, 1.165) is 31.4 Å². The van der Waals surface area contributed by atoms with Crippen molar-refractivity contribution in [1.82, 2.24) is 0 Å². The molecule has 2 fully saturated rings. The smallest absolute Gasteiger partial charge is 0.309 e. The summed E-state index contributed by atoms with van der Waals surface area (Å²) >= 11 is 0. The zero-order valence-electron chi connectivity index (χ0n) is 15.6. The second-order valence-electron chi connectivity index (χ2n) is 8.14. The molecule has 0 heterocycles. The molecule has 1 aromatic rings. The minimum atomic E-state index is -0.828. The number of rotatable bonds is 3. The van der Waals surface area contributed by atoms with Crippen LogP contribution in [0.3, 0.4) is 0 Å². The third-order valence-corrected chi connectivity index (χ3v) is 7.28. The number of aryl methyl sites for hydroxylation is 1. The van der Waals surface area contributed by atoms with Gasteiger partial charge >= 0.3 is 5.97 Å². The molecular weight excluding hydrogens is 328 g/mol. The lowest BCUT2D eigenvalue weighted by Gasteiger charge is -2.52.